The first kappa shape index (κ1) is 17.5. The molecule has 1 aliphatic heterocycles. The Morgan fingerprint density at radius 3 is 2.81 bits per heavy atom. The number of nitrogens with one attached hydrogen (secondary N) is 1. The van der Waals surface area contributed by atoms with Crippen molar-refractivity contribution >= 4 is 23.3 Å². The molecule has 4 rings (SSSR count). The van der Waals surface area contributed by atoms with Crippen molar-refractivity contribution in [2.45, 2.75) is 12.8 Å². The second-order valence-corrected chi connectivity index (χ2v) is 7.06. The zero-order chi connectivity index (χ0) is 18.8. The summed E-state index contributed by atoms with van der Waals surface area (Å²) >= 11 is 5.88. The third kappa shape index (κ3) is 3.78. The summed E-state index contributed by atoms with van der Waals surface area (Å²) in [6.07, 6.45) is 3.39. The van der Waals surface area contributed by atoms with Gasteiger partial charge in [0.25, 0.3) is 0 Å². The molecule has 1 fully saturated rings. The molecule has 0 aliphatic carbocycles. The van der Waals surface area contributed by atoms with E-state index in [-0.39, 0.29) is 17.9 Å². The Morgan fingerprint density at radius 2 is 2.07 bits per heavy atom. The molecule has 7 nitrogen and oxygen atoms in total. The molecule has 0 unspecified atom stereocenters. The van der Waals surface area contributed by atoms with E-state index < -0.39 is 0 Å². The highest BCUT2D eigenvalue weighted by molar-refractivity contribution is 6.30. The Labute approximate surface area is 161 Å². The lowest BCUT2D eigenvalue weighted by atomic mass is 9.98. The van der Waals surface area contributed by atoms with Gasteiger partial charge in [-0.2, -0.15) is 4.98 Å². The number of hydrogen-bond acceptors (Lipinski definition) is 5. The predicted molar refractivity (Wildman–Crippen MR) is 101 cm³/mol. The number of rotatable bonds is 3. The Kier molecular flexibility index (Phi) is 4.77. The van der Waals surface area contributed by atoms with E-state index in [9.17, 15) is 4.79 Å². The molecule has 138 valence electrons. The standard InChI is InChI=1S/C19H18ClN5O2/c1-12-10-25(19(26)22-15-6-4-14(20)5-7-15)11-16(12)18-23-17(24-27-18)13-3-2-8-21-9-13/h2-9,12,16H,10-11H2,1H3,(H,22,26)/t12-,16-/m0/s1. The largest absolute Gasteiger partial charge is 0.339 e. The monoisotopic (exact) mass is 383 g/mol. The minimum atomic E-state index is -0.154. The lowest BCUT2D eigenvalue weighted by Crippen LogP contribution is -2.33. The first-order valence-corrected chi connectivity index (χ1v) is 9.03. The third-order valence-corrected chi connectivity index (χ3v) is 4.93. The molecule has 3 heterocycles. The Hall–Kier alpha value is -2.93. The quantitative estimate of drug-likeness (QED) is 0.737. The molecule has 0 saturated carbocycles. The summed E-state index contributed by atoms with van der Waals surface area (Å²) in [7, 11) is 0. The number of urea groups is 1. The summed E-state index contributed by atoms with van der Waals surface area (Å²) in [5.41, 5.74) is 1.51. The number of amides is 2. The van der Waals surface area contributed by atoms with Gasteiger partial charge in [0.1, 0.15) is 0 Å². The van der Waals surface area contributed by atoms with E-state index in [2.05, 4.69) is 27.4 Å². The number of hydrogen-bond donors (Lipinski definition) is 1. The average Bonchev–Trinajstić information content (AvgIpc) is 3.31. The van der Waals surface area contributed by atoms with Gasteiger partial charge in [0.15, 0.2) is 0 Å². The lowest BCUT2D eigenvalue weighted by molar-refractivity contribution is 0.220. The van der Waals surface area contributed by atoms with Crippen molar-refractivity contribution in [3.63, 3.8) is 0 Å². The summed E-state index contributed by atoms with van der Waals surface area (Å²) < 4.78 is 5.47. The zero-order valence-corrected chi connectivity index (χ0v) is 15.4. The molecule has 0 radical (unpaired) electrons. The number of likely N-dealkylation sites (tertiary alicyclic amines) is 1. The summed E-state index contributed by atoms with van der Waals surface area (Å²) in [5, 5.41) is 7.57. The zero-order valence-electron chi connectivity index (χ0n) is 14.7. The number of nitrogens with zero attached hydrogens (tertiary/aromatic N) is 4. The molecule has 1 aromatic carbocycles. The van der Waals surface area contributed by atoms with Gasteiger partial charge >= 0.3 is 6.03 Å². The molecule has 1 aliphatic rings. The van der Waals surface area contributed by atoms with Crippen molar-refractivity contribution in [1.29, 1.82) is 0 Å². The average molecular weight is 384 g/mol. The van der Waals surface area contributed by atoms with Gasteiger partial charge in [0.05, 0.1) is 5.92 Å². The van der Waals surface area contributed by atoms with Gasteiger partial charge in [-0.25, -0.2) is 4.79 Å². The second kappa shape index (κ2) is 7.36. The maximum atomic E-state index is 12.6. The third-order valence-electron chi connectivity index (χ3n) is 4.67. The van der Waals surface area contributed by atoms with Crippen LogP contribution in [0.15, 0.2) is 53.3 Å². The normalized spacial score (nSPS) is 19.3. The van der Waals surface area contributed by atoms with E-state index in [0.29, 0.717) is 35.5 Å². The van der Waals surface area contributed by atoms with Gasteiger partial charge in [-0.1, -0.05) is 23.7 Å². The smallest absolute Gasteiger partial charge is 0.321 e. The van der Waals surface area contributed by atoms with Crippen LogP contribution in [0.1, 0.15) is 18.7 Å². The molecule has 27 heavy (non-hydrogen) atoms. The topological polar surface area (TPSA) is 84.2 Å². The summed E-state index contributed by atoms with van der Waals surface area (Å²) in [5.74, 6) is 1.26. The van der Waals surface area contributed by atoms with Crippen LogP contribution in [0.25, 0.3) is 11.4 Å². The minimum absolute atomic E-state index is 0.00103. The van der Waals surface area contributed by atoms with E-state index in [4.69, 9.17) is 16.1 Å². The van der Waals surface area contributed by atoms with Crippen molar-refractivity contribution < 1.29 is 9.32 Å². The highest BCUT2D eigenvalue weighted by Crippen LogP contribution is 2.32. The van der Waals surface area contributed by atoms with Crippen LogP contribution in [0.4, 0.5) is 10.5 Å². The summed E-state index contributed by atoms with van der Waals surface area (Å²) in [4.78, 5) is 22.9. The fourth-order valence-electron chi connectivity index (χ4n) is 3.19. The van der Waals surface area contributed by atoms with Gasteiger partial charge in [-0.05, 0) is 42.3 Å². The van der Waals surface area contributed by atoms with Gasteiger partial charge in [-0.3, -0.25) is 4.98 Å². The fraction of sp³-hybridized carbons (Fsp3) is 0.263. The van der Waals surface area contributed by atoms with E-state index in [1.165, 1.54) is 0 Å². The molecule has 1 saturated heterocycles. The SMILES string of the molecule is C[C@H]1CN(C(=O)Nc2ccc(Cl)cc2)C[C@@H]1c1nc(-c2cccnc2)no1. The van der Waals surface area contributed by atoms with Crippen LogP contribution in [-0.4, -0.2) is 39.1 Å². The number of aromatic nitrogens is 3. The molecule has 8 heteroatoms. The van der Waals surface area contributed by atoms with Gasteiger partial charge < -0.3 is 14.7 Å². The number of anilines is 1. The molecule has 0 bridgehead atoms. The Morgan fingerprint density at radius 1 is 1.26 bits per heavy atom. The van der Waals surface area contributed by atoms with E-state index in [1.807, 2.05) is 12.1 Å². The Balaban J connectivity index is 1.44. The number of carbonyl (C=O) groups is 1. The molecule has 2 atom stereocenters. The van der Waals surface area contributed by atoms with Crippen molar-refractivity contribution in [2.24, 2.45) is 5.92 Å². The highest BCUT2D eigenvalue weighted by atomic mass is 35.5. The van der Waals surface area contributed by atoms with E-state index in [1.54, 1.807) is 41.6 Å². The van der Waals surface area contributed by atoms with E-state index in [0.717, 1.165) is 5.56 Å². The molecular weight excluding hydrogens is 366 g/mol. The maximum Gasteiger partial charge on any atom is 0.321 e. The van der Waals surface area contributed by atoms with Crippen LogP contribution in [0, 0.1) is 5.92 Å². The lowest BCUT2D eigenvalue weighted by Gasteiger charge is -2.16. The predicted octanol–water partition coefficient (Wildman–Crippen LogP) is 4.05. The second-order valence-electron chi connectivity index (χ2n) is 6.62. The van der Waals surface area contributed by atoms with Crippen molar-refractivity contribution in [1.82, 2.24) is 20.0 Å². The van der Waals surface area contributed by atoms with Gasteiger partial charge in [0.2, 0.25) is 11.7 Å². The number of pyridine rings is 1. The Bertz CT molecular complexity index is 929. The molecule has 2 amide bonds. The molecule has 2 aromatic heterocycles. The van der Waals surface area contributed by atoms with Gasteiger partial charge in [-0.15, -0.1) is 0 Å². The first-order valence-electron chi connectivity index (χ1n) is 8.65. The summed E-state index contributed by atoms with van der Waals surface area (Å²) in [6, 6.07) is 10.6. The maximum absolute atomic E-state index is 12.6. The van der Waals surface area contributed by atoms with Crippen LogP contribution >= 0.6 is 11.6 Å². The molecular formula is C19H18ClN5O2. The summed E-state index contributed by atoms with van der Waals surface area (Å²) in [6.45, 7) is 3.22. The molecule has 3 aromatic rings. The van der Waals surface area contributed by atoms with Gasteiger partial charge in [0, 0.05) is 41.8 Å². The number of halogens is 1. The van der Waals surface area contributed by atoms with Crippen LogP contribution in [0.3, 0.4) is 0 Å². The van der Waals surface area contributed by atoms with Crippen molar-refractivity contribution in [3.05, 3.63) is 59.7 Å². The minimum Gasteiger partial charge on any atom is -0.339 e. The number of benzene rings is 1. The highest BCUT2D eigenvalue weighted by Gasteiger charge is 2.37. The molecule has 1 N–H and O–H groups in total. The van der Waals surface area contributed by atoms with Crippen LogP contribution in [-0.2, 0) is 0 Å². The van der Waals surface area contributed by atoms with Crippen molar-refractivity contribution in [3.8, 4) is 11.4 Å². The van der Waals surface area contributed by atoms with E-state index >= 15 is 0 Å². The number of carbonyl (C=O) groups excluding carboxylic acids is 1. The van der Waals surface area contributed by atoms with Crippen LogP contribution < -0.4 is 5.32 Å². The van der Waals surface area contributed by atoms with Crippen molar-refractivity contribution in [2.75, 3.05) is 18.4 Å². The van der Waals surface area contributed by atoms with Crippen LogP contribution in [0.2, 0.25) is 5.02 Å². The first-order chi connectivity index (χ1) is 13.1. The fourth-order valence-corrected chi connectivity index (χ4v) is 3.31. The molecule has 0 spiro atoms. The van der Waals surface area contributed by atoms with Crippen LogP contribution in [0.5, 0.6) is 0 Å².